The van der Waals surface area contributed by atoms with E-state index in [1.54, 1.807) is 0 Å². The van der Waals surface area contributed by atoms with Crippen LogP contribution < -0.4 is 0 Å². The van der Waals surface area contributed by atoms with E-state index >= 15 is 0 Å². The lowest BCUT2D eigenvalue weighted by Gasteiger charge is -2.18. The molecule has 0 aliphatic rings. The summed E-state index contributed by atoms with van der Waals surface area (Å²) in [6.45, 7) is 11.4. The van der Waals surface area contributed by atoms with Gasteiger partial charge in [0.2, 0.25) is 0 Å². The van der Waals surface area contributed by atoms with Crippen molar-refractivity contribution in [3.8, 4) is 0 Å². The highest BCUT2D eigenvalue weighted by Gasteiger charge is 2.19. The fourth-order valence-corrected chi connectivity index (χ4v) is 7.43. The van der Waals surface area contributed by atoms with E-state index < -0.39 is 6.10 Å². The van der Waals surface area contributed by atoms with Crippen LogP contribution in [-0.4, -0.2) is 37.2 Å². The fourth-order valence-electron chi connectivity index (χ4n) is 7.43. The van der Waals surface area contributed by atoms with E-state index in [0.29, 0.717) is 19.3 Å². The molecule has 56 heavy (non-hydrogen) atoms. The molecule has 332 valence electrons. The van der Waals surface area contributed by atoms with Crippen LogP contribution >= 0.6 is 0 Å². The lowest BCUT2D eigenvalue weighted by atomic mass is 9.99. The summed E-state index contributed by atoms with van der Waals surface area (Å²) in [7, 11) is 0. The van der Waals surface area contributed by atoms with Crippen LogP contribution in [0.25, 0.3) is 0 Å². The second kappa shape index (κ2) is 43.0. The van der Waals surface area contributed by atoms with Crippen molar-refractivity contribution >= 4 is 17.9 Å². The summed E-state index contributed by atoms with van der Waals surface area (Å²) in [5.41, 5.74) is 0. The number of hydrogen-bond acceptors (Lipinski definition) is 6. The molecule has 0 spiro atoms. The Morgan fingerprint density at radius 1 is 0.375 bits per heavy atom. The molecule has 0 N–H and O–H groups in total. The maximum absolute atomic E-state index is 12.8. The molecule has 0 rings (SSSR count). The predicted octanol–water partition coefficient (Wildman–Crippen LogP) is 15.8. The first-order valence-corrected chi connectivity index (χ1v) is 24.8. The van der Waals surface area contributed by atoms with Crippen molar-refractivity contribution in [3.05, 3.63) is 0 Å². The van der Waals surface area contributed by atoms with Crippen LogP contribution in [-0.2, 0) is 28.6 Å². The molecule has 0 aliphatic heterocycles. The maximum Gasteiger partial charge on any atom is 0.306 e. The fraction of sp³-hybridized carbons (Fsp3) is 0.940. The van der Waals surface area contributed by atoms with Crippen molar-refractivity contribution in [2.24, 2.45) is 11.8 Å². The summed E-state index contributed by atoms with van der Waals surface area (Å²) in [5, 5.41) is 0. The topological polar surface area (TPSA) is 78.9 Å². The number of carbonyl (C=O) groups is 3. The highest BCUT2D eigenvalue weighted by Crippen LogP contribution is 2.17. The van der Waals surface area contributed by atoms with E-state index in [1.165, 1.54) is 161 Å². The molecule has 1 unspecified atom stereocenters. The molecule has 0 saturated heterocycles. The molecule has 0 bridgehead atoms. The number of carbonyl (C=O) groups excluding carboxylic acids is 3. The maximum atomic E-state index is 12.8. The molecule has 6 heteroatoms. The van der Waals surface area contributed by atoms with Gasteiger partial charge in [-0.3, -0.25) is 14.4 Å². The van der Waals surface area contributed by atoms with Crippen molar-refractivity contribution in [3.63, 3.8) is 0 Å². The zero-order valence-electron chi connectivity index (χ0n) is 38.3. The second-order valence-electron chi connectivity index (χ2n) is 17.8. The number of rotatable bonds is 44. The first-order chi connectivity index (χ1) is 27.3. The summed E-state index contributed by atoms with van der Waals surface area (Å²) in [5.74, 6) is 0.842. The van der Waals surface area contributed by atoms with E-state index in [0.717, 1.165) is 69.6 Å². The quantitative estimate of drug-likeness (QED) is 0.0347. The molecular formula is C50H96O6. The van der Waals surface area contributed by atoms with Crippen LogP contribution in [0.2, 0.25) is 0 Å². The molecular weight excluding hydrogens is 697 g/mol. The van der Waals surface area contributed by atoms with Crippen molar-refractivity contribution in [1.82, 2.24) is 0 Å². The van der Waals surface area contributed by atoms with Gasteiger partial charge in [-0.25, -0.2) is 0 Å². The van der Waals surface area contributed by atoms with E-state index in [4.69, 9.17) is 14.2 Å². The number of esters is 3. The molecule has 0 aromatic heterocycles. The van der Waals surface area contributed by atoms with Crippen molar-refractivity contribution in [2.75, 3.05) is 13.2 Å². The third kappa shape index (κ3) is 42.0. The molecule has 0 aromatic carbocycles. The minimum atomic E-state index is -0.761. The van der Waals surface area contributed by atoms with Crippen LogP contribution in [0.4, 0.5) is 0 Å². The highest BCUT2D eigenvalue weighted by molar-refractivity contribution is 5.71. The largest absolute Gasteiger partial charge is 0.462 e. The van der Waals surface area contributed by atoms with Gasteiger partial charge < -0.3 is 14.2 Å². The van der Waals surface area contributed by atoms with Crippen LogP contribution in [0.15, 0.2) is 0 Å². The lowest BCUT2D eigenvalue weighted by Crippen LogP contribution is -2.30. The molecule has 0 aliphatic carbocycles. The van der Waals surface area contributed by atoms with E-state index in [9.17, 15) is 14.4 Å². The molecule has 0 aromatic rings. The normalized spacial score (nSPS) is 12.5. The van der Waals surface area contributed by atoms with Crippen molar-refractivity contribution in [1.29, 1.82) is 0 Å². The second-order valence-corrected chi connectivity index (χ2v) is 17.8. The van der Waals surface area contributed by atoms with Crippen LogP contribution in [0.5, 0.6) is 0 Å². The van der Waals surface area contributed by atoms with Crippen LogP contribution in [0.1, 0.15) is 272 Å². The Morgan fingerprint density at radius 3 is 1.02 bits per heavy atom. The van der Waals surface area contributed by atoms with Gasteiger partial charge in [0, 0.05) is 19.3 Å². The summed E-state index contributed by atoms with van der Waals surface area (Å²) >= 11 is 0. The number of hydrogen-bond donors (Lipinski definition) is 0. The Balaban J connectivity index is 4.32. The van der Waals surface area contributed by atoms with Crippen molar-refractivity contribution < 1.29 is 28.6 Å². The standard InChI is InChI=1S/C50H96O6/c1-6-8-9-10-11-12-20-25-30-35-40-48(51)54-43-47(56-50(53)42-37-32-27-22-15-13-14-18-23-28-33-38-45(3)4)44-55-49(52)41-36-31-26-21-17-16-19-24-29-34-39-46(5)7-2/h45-47H,6-44H2,1-5H3/t46?,47-/m1/s1. The third-order valence-electron chi connectivity index (χ3n) is 11.6. The molecule has 6 nitrogen and oxygen atoms in total. The molecule has 0 heterocycles. The summed E-state index contributed by atoms with van der Waals surface area (Å²) in [6.07, 6.45) is 42.2. The minimum absolute atomic E-state index is 0.0643. The minimum Gasteiger partial charge on any atom is -0.462 e. The summed E-state index contributed by atoms with van der Waals surface area (Å²) in [6, 6.07) is 0. The Morgan fingerprint density at radius 2 is 0.679 bits per heavy atom. The predicted molar refractivity (Wildman–Crippen MR) is 238 cm³/mol. The zero-order valence-corrected chi connectivity index (χ0v) is 38.3. The first-order valence-electron chi connectivity index (χ1n) is 24.8. The van der Waals surface area contributed by atoms with Crippen LogP contribution in [0.3, 0.4) is 0 Å². The Labute approximate surface area is 348 Å². The summed E-state index contributed by atoms with van der Waals surface area (Å²) in [4.78, 5) is 37.8. The zero-order chi connectivity index (χ0) is 41.2. The Hall–Kier alpha value is -1.59. The first kappa shape index (κ1) is 54.4. The monoisotopic (exact) mass is 793 g/mol. The van der Waals surface area contributed by atoms with Gasteiger partial charge in [0.15, 0.2) is 6.10 Å². The molecule has 0 saturated carbocycles. The van der Waals surface area contributed by atoms with Crippen molar-refractivity contribution in [2.45, 2.75) is 278 Å². The smallest absolute Gasteiger partial charge is 0.306 e. The molecule has 2 atom stereocenters. The molecule has 0 fully saturated rings. The summed E-state index contributed by atoms with van der Waals surface area (Å²) < 4.78 is 16.8. The average molecular weight is 793 g/mol. The van der Waals surface area contributed by atoms with Gasteiger partial charge in [-0.2, -0.15) is 0 Å². The Bertz CT molecular complexity index is 856. The van der Waals surface area contributed by atoms with Gasteiger partial charge in [-0.15, -0.1) is 0 Å². The average Bonchev–Trinajstić information content (AvgIpc) is 3.18. The van der Waals surface area contributed by atoms with Crippen LogP contribution in [0, 0.1) is 11.8 Å². The van der Waals surface area contributed by atoms with Gasteiger partial charge in [-0.1, -0.05) is 234 Å². The molecule has 0 amide bonds. The number of unbranched alkanes of at least 4 members (excludes halogenated alkanes) is 28. The Kier molecular flexibility index (Phi) is 41.8. The van der Waals surface area contributed by atoms with E-state index in [1.807, 2.05) is 0 Å². The number of ether oxygens (including phenoxy) is 3. The van der Waals surface area contributed by atoms with E-state index in [2.05, 4.69) is 34.6 Å². The lowest BCUT2D eigenvalue weighted by molar-refractivity contribution is -0.167. The third-order valence-corrected chi connectivity index (χ3v) is 11.6. The van der Waals surface area contributed by atoms with Gasteiger partial charge in [0.05, 0.1) is 0 Å². The molecule has 0 radical (unpaired) electrons. The van der Waals surface area contributed by atoms with E-state index in [-0.39, 0.29) is 31.1 Å². The van der Waals surface area contributed by atoms with Gasteiger partial charge in [-0.05, 0) is 31.1 Å². The SMILES string of the molecule is CCCCCCCCCCCCC(=O)OC[C@H](COC(=O)CCCCCCCCCCCCC(C)CC)OC(=O)CCCCCCCCCCCCCC(C)C. The van der Waals surface area contributed by atoms with Gasteiger partial charge >= 0.3 is 17.9 Å². The highest BCUT2D eigenvalue weighted by atomic mass is 16.6. The van der Waals surface area contributed by atoms with Gasteiger partial charge in [0.1, 0.15) is 13.2 Å². The van der Waals surface area contributed by atoms with Gasteiger partial charge in [0.25, 0.3) is 0 Å².